The molecule has 0 atom stereocenters. The molecule has 0 aromatic carbocycles. The standard InChI is InChI=1S/C14H22N4O2/c1-2-3-6-18(7-8-19)14(20)17-12-9-15-13(16-10-12)11-4-5-11/h9-11,19H,2-8H2,1H3,(H,17,20). The van der Waals surface area contributed by atoms with Gasteiger partial charge in [0.15, 0.2) is 0 Å². The monoisotopic (exact) mass is 278 g/mol. The topological polar surface area (TPSA) is 78.4 Å². The van der Waals surface area contributed by atoms with Gasteiger partial charge in [-0.3, -0.25) is 0 Å². The van der Waals surface area contributed by atoms with Crippen LogP contribution in [0.3, 0.4) is 0 Å². The van der Waals surface area contributed by atoms with Gasteiger partial charge in [-0.2, -0.15) is 0 Å². The molecule has 1 saturated carbocycles. The first-order valence-corrected chi connectivity index (χ1v) is 7.23. The average Bonchev–Trinajstić information content (AvgIpc) is 3.29. The Balaban J connectivity index is 1.90. The molecule has 0 spiro atoms. The third-order valence-electron chi connectivity index (χ3n) is 3.30. The van der Waals surface area contributed by atoms with Crippen molar-refractivity contribution >= 4 is 11.7 Å². The minimum Gasteiger partial charge on any atom is -0.395 e. The molecular formula is C14H22N4O2. The molecule has 0 aliphatic heterocycles. The SMILES string of the molecule is CCCCN(CCO)C(=O)Nc1cnc(C2CC2)nc1. The Hall–Kier alpha value is -1.69. The number of aromatic nitrogens is 2. The summed E-state index contributed by atoms with van der Waals surface area (Å²) in [5, 5.41) is 11.8. The van der Waals surface area contributed by atoms with Crippen LogP contribution in [0.25, 0.3) is 0 Å². The lowest BCUT2D eigenvalue weighted by molar-refractivity contribution is 0.187. The van der Waals surface area contributed by atoms with E-state index in [9.17, 15) is 4.79 Å². The quantitative estimate of drug-likeness (QED) is 0.799. The van der Waals surface area contributed by atoms with E-state index in [0.29, 0.717) is 24.7 Å². The van der Waals surface area contributed by atoms with E-state index < -0.39 is 0 Å². The van der Waals surface area contributed by atoms with Crippen molar-refractivity contribution in [2.24, 2.45) is 0 Å². The van der Waals surface area contributed by atoms with Crippen LogP contribution in [-0.2, 0) is 0 Å². The first-order valence-electron chi connectivity index (χ1n) is 7.23. The average molecular weight is 278 g/mol. The van der Waals surface area contributed by atoms with E-state index in [2.05, 4.69) is 22.2 Å². The molecule has 2 rings (SSSR count). The fourth-order valence-electron chi connectivity index (χ4n) is 1.94. The van der Waals surface area contributed by atoms with Gasteiger partial charge in [-0.05, 0) is 19.3 Å². The molecule has 1 heterocycles. The van der Waals surface area contributed by atoms with Gasteiger partial charge in [0.25, 0.3) is 0 Å². The Kier molecular flexibility index (Phi) is 5.29. The van der Waals surface area contributed by atoms with Crippen LogP contribution in [0.15, 0.2) is 12.4 Å². The number of nitrogens with one attached hydrogen (secondary N) is 1. The fraction of sp³-hybridized carbons (Fsp3) is 0.643. The lowest BCUT2D eigenvalue weighted by Gasteiger charge is -2.21. The van der Waals surface area contributed by atoms with Crippen molar-refractivity contribution in [2.75, 3.05) is 25.0 Å². The molecule has 1 aromatic heterocycles. The maximum absolute atomic E-state index is 12.1. The maximum Gasteiger partial charge on any atom is 0.322 e. The minimum atomic E-state index is -0.213. The molecule has 20 heavy (non-hydrogen) atoms. The Bertz CT molecular complexity index is 431. The van der Waals surface area contributed by atoms with E-state index in [0.717, 1.165) is 31.5 Å². The molecule has 1 aliphatic rings. The number of urea groups is 1. The molecule has 2 amide bonds. The molecule has 6 nitrogen and oxygen atoms in total. The largest absolute Gasteiger partial charge is 0.395 e. The number of nitrogens with zero attached hydrogens (tertiary/aromatic N) is 3. The Labute approximate surface area is 119 Å². The highest BCUT2D eigenvalue weighted by Crippen LogP contribution is 2.37. The van der Waals surface area contributed by atoms with Gasteiger partial charge >= 0.3 is 6.03 Å². The summed E-state index contributed by atoms with van der Waals surface area (Å²) >= 11 is 0. The van der Waals surface area contributed by atoms with Gasteiger partial charge in [0.05, 0.1) is 24.7 Å². The van der Waals surface area contributed by atoms with Gasteiger partial charge in [0.1, 0.15) is 5.82 Å². The van der Waals surface area contributed by atoms with E-state index in [-0.39, 0.29) is 12.6 Å². The highest BCUT2D eigenvalue weighted by molar-refractivity contribution is 5.88. The van der Waals surface area contributed by atoms with E-state index in [1.165, 1.54) is 0 Å². The molecule has 1 aliphatic carbocycles. The summed E-state index contributed by atoms with van der Waals surface area (Å²) in [5.74, 6) is 1.37. The molecule has 1 fully saturated rings. The molecule has 0 radical (unpaired) electrons. The zero-order chi connectivity index (χ0) is 14.4. The Morgan fingerprint density at radius 1 is 1.40 bits per heavy atom. The molecule has 0 saturated heterocycles. The van der Waals surface area contributed by atoms with Gasteiger partial charge in [-0.25, -0.2) is 14.8 Å². The van der Waals surface area contributed by atoms with Gasteiger partial charge in [0, 0.05) is 19.0 Å². The van der Waals surface area contributed by atoms with Crippen molar-refractivity contribution in [3.05, 3.63) is 18.2 Å². The predicted molar refractivity (Wildman–Crippen MR) is 76.6 cm³/mol. The number of anilines is 1. The first-order chi connectivity index (χ1) is 9.74. The number of hydrogen-bond donors (Lipinski definition) is 2. The van der Waals surface area contributed by atoms with Crippen LogP contribution in [0.2, 0.25) is 0 Å². The van der Waals surface area contributed by atoms with E-state index in [1.807, 2.05) is 0 Å². The fourth-order valence-corrected chi connectivity index (χ4v) is 1.94. The molecule has 1 aromatic rings. The predicted octanol–water partition coefficient (Wildman–Crippen LogP) is 1.98. The summed E-state index contributed by atoms with van der Waals surface area (Å²) in [6, 6.07) is -0.213. The van der Waals surface area contributed by atoms with Crippen LogP contribution in [0, 0.1) is 0 Å². The number of carbonyl (C=O) groups excluding carboxylic acids is 1. The van der Waals surface area contributed by atoms with Crippen molar-refractivity contribution in [1.82, 2.24) is 14.9 Å². The number of aliphatic hydroxyl groups excluding tert-OH is 1. The molecule has 6 heteroatoms. The normalized spacial score (nSPS) is 14.1. The van der Waals surface area contributed by atoms with Crippen LogP contribution < -0.4 is 5.32 Å². The molecule has 2 N–H and O–H groups in total. The summed E-state index contributed by atoms with van der Waals surface area (Å²) in [6.07, 6.45) is 7.55. The molecule has 0 unspecified atom stereocenters. The Morgan fingerprint density at radius 2 is 2.10 bits per heavy atom. The summed E-state index contributed by atoms with van der Waals surface area (Å²) in [4.78, 5) is 22.2. The third-order valence-corrected chi connectivity index (χ3v) is 3.30. The van der Waals surface area contributed by atoms with Gasteiger partial charge in [-0.15, -0.1) is 0 Å². The zero-order valence-corrected chi connectivity index (χ0v) is 11.9. The zero-order valence-electron chi connectivity index (χ0n) is 11.9. The van der Waals surface area contributed by atoms with Gasteiger partial charge in [-0.1, -0.05) is 13.3 Å². The van der Waals surface area contributed by atoms with Crippen LogP contribution in [0.1, 0.15) is 44.3 Å². The summed E-state index contributed by atoms with van der Waals surface area (Å²) in [5.41, 5.74) is 0.596. The highest BCUT2D eigenvalue weighted by atomic mass is 16.3. The molecule has 0 bridgehead atoms. The van der Waals surface area contributed by atoms with E-state index in [4.69, 9.17) is 5.11 Å². The number of hydrogen-bond acceptors (Lipinski definition) is 4. The van der Waals surface area contributed by atoms with Crippen molar-refractivity contribution in [3.63, 3.8) is 0 Å². The van der Waals surface area contributed by atoms with Crippen molar-refractivity contribution in [2.45, 2.75) is 38.5 Å². The van der Waals surface area contributed by atoms with Gasteiger partial charge < -0.3 is 15.3 Å². The second-order valence-corrected chi connectivity index (χ2v) is 5.10. The Morgan fingerprint density at radius 3 is 2.65 bits per heavy atom. The van der Waals surface area contributed by atoms with Crippen LogP contribution >= 0.6 is 0 Å². The van der Waals surface area contributed by atoms with Crippen LogP contribution in [0.4, 0.5) is 10.5 Å². The van der Waals surface area contributed by atoms with E-state index >= 15 is 0 Å². The first kappa shape index (κ1) is 14.7. The molecular weight excluding hydrogens is 256 g/mol. The lowest BCUT2D eigenvalue weighted by atomic mass is 10.3. The third kappa shape index (κ3) is 4.16. The number of aliphatic hydroxyl groups is 1. The van der Waals surface area contributed by atoms with Crippen molar-refractivity contribution < 1.29 is 9.90 Å². The van der Waals surface area contributed by atoms with E-state index in [1.54, 1.807) is 17.3 Å². The number of amides is 2. The highest BCUT2D eigenvalue weighted by Gasteiger charge is 2.26. The summed E-state index contributed by atoms with van der Waals surface area (Å²) in [6.45, 7) is 3.02. The van der Waals surface area contributed by atoms with Crippen molar-refractivity contribution in [3.8, 4) is 0 Å². The number of unbranched alkanes of at least 4 members (excludes halogenated alkanes) is 1. The summed E-state index contributed by atoms with van der Waals surface area (Å²) < 4.78 is 0. The maximum atomic E-state index is 12.1. The van der Waals surface area contributed by atoms with Gasteiger partial charge in [0.2, 0.25) is 0 Å². The molecule has 110 valence electrons. The number of rotatable bonds is 7. The number of carbonyl (C=O) groups is 1. The smallest absolute Gasteiger partial charge is 0.322 e. The second-order valence-electron chi connectivity index (χ2n) is 5.10. The second kappa shape index (κ2) is 7.19. The lowest BCUT2D eigenvalue weighted by Crippen LogP contribution is -2.37. The van der Waals surface area contributed by atoms with Crippen molar-refractivity contribution in [1.29, 1.82) is 0 Å². The summed E-state index contributed by atoms with van der Waals surface area (Å²) in [7, 11) is 0. The minimum absolute atomic E-state index is 0.0335. The van der Waals surface area contributed by atoms with Crippen LogP contribution in [0.5, 0.6) is 0 Å². The van der Waals surface area contributed by atoms with Crippen LogP contribution in [-0.4, -0.2) is 45.7 Å².